The molecular weight excluding hydrogens is 425 g/mol. The molecule has 1 fully saturated rings. The van der Waals surface area contributed by atoms with Gasteiger partial charge in [0.05, 0.1) is 17.1 Å². The third kappa shape index (κ3) is 5.20. The summed E-state index contributed by atoms with van der Waals surface area (Å²) in [5.41, 5.74) is 1.10. The van der Waals surface area contributed by atoms with Gasteiger partial charge in [0.15, 0.2) is 0 Å². The Balaban J connectivity index is 1.76. The first-order valence-corrected chi connectivity index (χ1v) is 11.3. The largest absolute Gasteiger partial charge is 0.450 e. The number of carbonyl (C=O) groups is 2. The molecule has 1 heterocycles. The average molecular weight is 450 g/mol. The molecule has 2 aromatic rings. The van der Waals surface area contributed by atoms with Crippen LogP contribution in [0, 0.1) is 12.7 Å². The number of benzene rings is 2. The summed E-state index contributed by atoms with van der Waals surface area (Å²) in [6.45, 7) is 4.33. The maximum absolute atomic E-state index is 14.3. The highest BCUT2D eigenvalue weighted by molar-refractivity contribution is 7.89. The quantitative estimate of drug-likeness (QED) is 0.757. The van der Waals surface area contributed by atoms with Crippen molar-refractivity contribution in [3.8, 4) is 0 Å². The molecule has 0 unspecified atom stereocenters. The van der Waals surface area contributed by atoms with Crippen LogP contribution in [-0.2, 0) is 14.8 Å². The number of halogens is 1. The van der Waals surface area contributed by atoms with E-state index in [9.17, 15) is 22.4 Å². The van der Waals surface area contributed by atoms with Gasteiger partial charge in [0.2, 0.25) is 10.0 Å². The molecule has 2 amide bonds. The van der Waals surface area contributed by atoms with Crippen molar-refractivity contribution in [1.82, 2.24) is 9.21 Å². The molecule has 8 nitrogen and oxygen atoms in total. The van der Waals surface area contributed by atoms with Gasteiger partial charge in [-0.2, -0.15) is 4.31 Å². The van der Waals surface area contributed by atoms with Gasteiger partial charge >= 0.3 is 6.09 Å². The van der Waals surface area contributed by atoms with E-state index in [1.165, 1.54) is 9.21 Å². The van der Waals surface area contributed by atoms with Crippen LogP contribution in [0.1, 0.15) is 22.8 Å². The van der Waals surface area contributed by atoms with Crippen molar-refractivity contribution in [3.05, 3.63) is 59.4 Å². The van der Waals surface area contributed by atoms with Crippen LogP contribution in [0.4, 0.5) is 14.9 Å². The molecule has 0 saturated carbocycles. The fourth-order valence-electron chi connectivity index (χ4n) is 3.15. The van der Waals surface area contributed by atoms with Crippen LogP contribution in [0.25, 0.3) is 0 Å². The molecule has 31 heavy (non-hydrogen) atoms. The highest BCUT2D eigenvalue weighted by atomic mass is 32.2. The Bertz CT molecular complexity index is 1060. The molecule has 1 saturated heterocycles. The minimum atomic E-state index is -3.97. The number of amides is 2. The van der Waals surface area contributed by atoms with Crippen LogP contribution < -0.4 is 5.32 Å². The van der Waals surface area contributed by atoms with E-state index in [0.717, 1.165) is 23.8 Å². The van der Waals surface area contributed by atoms with Gasteiger partial charge in [0.1, 0.15) is 5.82 Å². The fourth-order valence-corrected chi connectivity index (χ4v) is 4.60. The van der Waals surface area contributed by atoms with Crippen LogP contribution >= 0.6 is 0 Å². The van der Waals surface area contributed by atoms with Crippen molar-refractivity contribution in [2.24, 2.45) is 0 Å². The number of aryl methyl sites for hydroxylation is 1. The molecule has 0 aromatic heterocycles. The number of sulfonamides is 1. The van der Waals surface area contributed by atoms with Crippen LogP contribution in [0.2, 0.25) is 0 Å². The van der Waals surface area contributed by atoms with Crippen molar-refractivity contribution in [2.45, 2.75) is 18.7 Å². The zero-order chi connectivity index (χ0) is 22.6. The molecule has 1 aliphatic heterocycles. The van der Waals surface area contributed by atoms with E-state index in [1.54, 1.807) is 31.2 Å². The lowest BCUT2D eigenvalue weighted by atomic mass is 10.2. The molecule has 1 N–H and O–H groups in total. The van der Waals surface area contributed by atoms with E-state index in [2.05, 4.69) is 5.32 Å². The zero-order valence-corrected chi connectivity index (χ0v) is 18.1. The smallest absolute Gasteiger partial charge is 0.409 e. The van der Waals surface area contributed by atoms with Crippen molar-refractivity contribution >= 4 is 27.7 Å². The summed E-state index contributed by atoms with van der Waals surface area (Å²) in [5, 5.41) is 2.57. The first-order chi connectivity index (χ1) is 14.7. The van der Waals surface area contributed by atoms with Crippen LogP contribution in [0.5, 0.6) is 0 Å². The van der Waals surface area contributed by atoms with Crippen molar-refractivity contribution in [1.29, 1.82) is 0 Å². The third-order valence-electron chi connectivity index (χ3n) is 4.89. The number of rotatable bonds is 5. The highest BCUT2D eigenvalue weighted by Gasteiger charge is 2.31. The predicted octanol–water partition coefficient (Wildman–Crippen LogP) is 2.85. The minimum absolute atomic E-state index is 0.0728. The second kappa shape index (κ2) is 9.44. The summed E-state index contributed by atoms with van der Waals surface area (Å²) in [6.07, 6.45) is -0.489. The Labute approximate surface area is 180 Å². The van der Waals surface area contributed by atoms with Crippen LogP contribution in [-0.4, -0.2) is 62.4 Å². The normalized spacial score (nSPS) is 14.9. The first kappa shape index (κ1) is 22.7. The van der Waals surface area contributed by atoms with E-state index in [1.807, 2.05) is 6.92 Å². The first-order valence-electron chi connectivity index (χ1n) is 9.82. The molecule has 2 aromatic carbocycles. The van der Waals surface area contributed by atoms with Gasteiger partial charge in [0, 0.05) is 31.9 Å². The Hall–Kier alpha value is -2.98. The maximum atomic E-state index is 14.3. The van der Waals surface area contributed by atoms with Gasteiger partial charge in [0.25, 0.3) is 5.91 Å². The lowest BCUT2D eigenvalue weighted by Gasteiger charge is -2.33. The summed E-state index contributed by atoms with van der Waals surface area (Å²) in [6, 6.07) is 10.1. The van der Waals surface area contributed by atoms with Gasteiger partial charge in [-0.05, 0) is 44.2 Å². The molecule has 0 radical (unpaired) electrons. The van der Waals surface area contributed by atoms with Gasteiger partial charge in [-0.15, -0.1) is 0 Å². The molecule has 0 aliphatic carbocycles. The van der Waals surface area contributed by atoms with E-state index in [0.29, 0.717) is 5.69 Å². The number of carbonyl (C=O) groups excluding carboxylic acids is 2. The minimum Gasteiger partial charge on any atom is -0.450 e. The van der Waals surface area contributed by atoms with Gasteiger partial charge in [-0.1, -0.05) is 17.7 Å². The number of nitrogens with zero attached hydrogens (tertiary/aromatic N) is 2. The number of anilines is 1. The molecule has 0 bridgehead atoms. The van der Waals surface area contributed by atoms with Gasteiger partial charge in [-0.3, -0.25) is 4.79 Å². The second-order valence-electron chi connectivity index (χ2n) is 7.05. The topological polar surface area (TPSA) is 96.0 Å². The molecule has 3 rings (SSSR count). The Morgan fingerprint density at radius 1 is 1.06 bits per heavy atom. The number of piperazine rings is 1. The van der Waals surface area contributed by atoms with Crippen molar-refractivity contribution in [2.75, 3.05) is 38.1 Å². The Morgan fingerprint density at radius 2 is 1.71 bits per heavy atom. The monoisotopic (exact) mass is 449 g/mol. The summed E-state index contributed by atoms with van der Waals surface area (Å²) in [4.78, 5) is 25.6. The standard InChI is InChI=1S/C21H24FN3O5S/c1-3-30-21(27)24-10-12-25(13-11-24)31(28,29)17-8-9-19(22)18(14-17)20(26)23-16-6-4-15(2)5-7-16/h4-9,14H,3,10-13H2,1-2H3,(H,23,26). The molecular formula is C21H24FN3O5S. The number of hydrogen-bond acceptors (Lipinski definition) is 5. The van der Waals surface area contributed by atoms with Gasteiger partial charge < -0.3 is 15.0 Å². The van der Waals surface area contributed by atoms with E-state index in [-0.39, 0.29) is 43.2 Å². The van der Waals surface area contributed by atoms with Crippen molar-refractivity contribution in [3.63, 3.8) is 0 Å². The number of hydrogen-bond donors (Lipinski definition) is 1. The highest BCUT2D eigenvalue weighted by Crippen LogP contribution is 2.22. The molecule has 0 spiro atoms. The fraction of sp³-hybridized carbons (Fsp3) is 0.333. The Morgan fingerprint density at radius 3 is 2.32 bits per heavy atom. The SMILES string of the molecule is CCOC(=O)N1CCN(S(=O)(=O)c2ccc(F)c(C(=O)Nc3ccc(C)cc3)c2)CC1. The predicted molar refractivity (Wildman–Crippen MR) is 113 cm³/mol. The zero-order valence-electron chi connectivity index (χ0n) is 17.3. The van der Waals surface area contributed by atoms with Crippen LogP contribution in [0.3, 0.4) is 0 Å². The number of ether oxygens (including phenoxy) is 1. The lowest BCUT2D eigenvalue weighted by Crippen LogP contribution is -2.50. The van der Waals surface area contributed by atoms with Gasteiger partial charge in [-0.25, -0.2) is 17.6 Å². The second-order valence-corrected chi connectivity index (χ2v) is 8.99. The summed E-state index contributed by atoms with van der Waals surface area (Å²) in [7, 11) is -3.97. The van der Waals surface area contributed by atoms with E-state index in [4.69, 9.17) is 4.74 Å². The van der Waals surface area contributed by atoms with Crippen molar-refractivity contribution < 1.29 is 27.1 Å². The molecule has 166 valence electrons. The Kier molecular flexibility index (Phi) is 6.91. The third-order valence-corrected chi connectivity index (χ3v) is 6.79. The maximum Gasteiger partial charge on any atom is 0.409 e. The van der Waals surface area contributed by atoms with E-state index < -0.39 is 27.8 Å². The summed E-state index contributed by atoms with van der Waals surface area (Å²) < 4.78 is 46.5. The molecule has 10 heteroatoms. The lowest BCUT2D eigenvalue weighted by molar-refractivity contribution is 0.0933. The molecule has 1 aliphatic rings. The summed E-state index contributed by atoms with van der Waals surface area (Å²) in [5.74, 6) is -1.57. The molecule has 0 atom stereocenters. The van der Waals surface area contributed by atoms with Crippen LogP contribution in [0.15, 0.2) is 47.4 Å². The van der Waals surface area contributed by atoms with E-state index >= 15 is 0 Å². The summed E-state index contributed by atoms with van der Waals surface area (Å²) >= 11 is 0. The average Bonchev–Trinajstić information content (AvgIpc) is 2.75. The number of nitrogens with one attached hydrogen (secondary N) is 1.